The Labute approximate surface area is 140 Å². The molecule has 19 heavy (non-hydrogen) atoms. The quantitative estimate of drug-likeness (QED) is 0.470. The maximum absolute atomic E-state index is 12.6. The topological polar surface area (TPSA) is 34.1 Å². The second-order valence-electron chi connectivity index (χ2n) is 4.08. The SMILES string of the molecule is O=C1c2cccc(SI)c2C(=O)c2cccc(I)c21. The largest absolute Gasteiger partial charge is 0.289 e. The number of carbonyl (C=O) groups excluding carboxylic acids is 2. The summed E-state index contributed by atoms with van der Waals surface area (Å²) >= 11 is 4.24. The Kier molecular flexibility index (Phi) is 3.69. The summed E-state index contributed by atoms with van der Waals surface area (Å²) in [7, 11) is 1.46. The number of carbonyl (C=O) groups is 2. The third-order valence-corrected chi connectivity index (χ3v) is 5.90. The first kappa shape index (κ1) is 13.6. The Morgan fingerprint density at radius 3 is 2.11 bits per heavy atom. The fraction of sp³-hybridized carbons (Fsp3) is 0. The second kappa shape index (κ2) is 5.17. The molecular weight excluding hydrogens is 486 g/mol. The third kappa shape index (κ3) is 2.06. The Bertz CT molecular complexity index is 725. The van der Waals surface area contributed by atoms with Crippen LogP contribution in [-0.2, 0) is 0 Å². The summed E-state index contributed by atoms with van der Waals surface area (Å²) < 4.78 is 0.826. The van der Waals surface area contributed by atoms with E-state index in [2.05, 4.69) is 43.8 Å². The zero-order valence-corrected chi connectivity index (χ0v) is 14.6. The summed E-state index contributed by atoms with van der Waals surface area (Å²) in [5, 5.41) is 0. The van der Waals surface area contributed by atoms with Crippen LogP contribution in [0.1, 0.15) is 31.8 Å². The number of ketones is 2. The molecule has 0 N–H and O–H groups in total. The van der Waals surface area contributed by atoms with E-state index >= 15 is 0 Å². The molecule has 1 aliphatic rings. The van der Waals surface area contributed by atoms with E-state index in [1.807, 2.05) is 24.3 Å². The van der Waals surface area contributed by atoms with E-state index in [1.165, 1.54) is 8.93 Å². The number of halogens is 2. The maximum Gasteiger partial charge on any atom is 0.195 e. The molecule has 0 saturated carbocycles. The molecule has 0 spiro atoms. The third-order valence-electron chi connectivity index (χ3n) is 3.07. The highest BCUT2D eigenvalue weighted by Crippen LogP contribution is 2.37. The summed E-state index contributed by atoms with van der Waals surface area (Å²) in [6.07, 6.45) is 0. The normalized spacial score (nSPS) is 13.2. The maximum atomic E-state index is 12.6. The van der Waals surface area contributed by atoms with E-state index in [1.54, 1.807) is 12.1 Å². The van der Waals surface area contributed by atoms with E-state index in [-0.39, 0.29) is 11.6 Å². The predicted molar refractivity (Wildman–Crippen MR) is 92.3 cm³/mol. The van der Waals surface area contributed by atoms with Crippen molar-refractivity contribution in [2.75, 3.05) is 0 Å². The summed E-state index contributed by atoms with van der Waals surface area (Å²) in [4.78, 5) is 26.0. The molecule has 5 heteroatoms. The number of benzene rings is 2. The van der Waals surface area contributed by atoms with Gasteiger partial charge in [0, 0.05) is 51.9 Å². The van der Waals surface area contributed by atoms with Crippen molar-refractivity contribution in [2.45, 2.75) is 4.90 Å². The minimum atomic E-state index is -0.0538. The van der Waals surface area contributed by atoms with Crippen LogP contribution in [0.15, 0.2) is 41.3 Å². The molecule has 1 aliphatic carbocycles. The molecule has 94 valence electrons. The van der Waals surface area contributed by atoms with E-state index in [0.717, 1.165) is 8.47 Å². The van der Waals surface area contributed by atoms with Crippen molar-refractivity contribution < 1.29 is 9.59 Å². The molecule has 2 aromatic rings. The van der Waals surface area contributed by atoms with Gasteiger partial charge in [0.2, 0.25) is 0 Å². The average Bonchev–Trinajstić information content (AvgIpc) is 2.43. The van der Waals surface area contributed by atoms with E-state index in [9.17, 15) is 9.59 Å². The number of hydrogen-bond donors (Lipinski definition) is 0. The molecule has 0 radical (unpaired) electrons. The van der Waals surface area contributed by atoms with Gasteiger partial charge in [-0.15, -0.1) is 0 Å². The lowest BCUT2D eigenvalue weighted by Crippen LogP contribution is -2.22. The van der Waals surface area contributed by atoms with E-state index in [4.69, 9.17) is 0 Å². The molecule has 0 aliphatic heterocycles. The van der Waals surface area contributed by atoms with Gasteiger partial charge >= 0.3 is 0 Å². The summed E-state index contributed by atoms with van der Waals surface area (Å²) in [6.45, 7) is 0. The van der Waals surface area contributed by atoms with Crippen molar-refractivity contribution >= 4 is 64.3 Å². The van der Waals surface area contributed by atoms with E-state index in [0.29, 0.717) is 22.3 Å². The van der Waals surface area contributed by atoms with Gasteiger partial charge in [0.1, 0.15) is 0 Å². The molecule has 0 heterocycles. The van der Waals surface area contributed by atoms with Gasteiger partial charge in [-0.1, -0.05) is 33.2 Å². The summed E-state index contributed by atoms with van der Waals surface area (Å²) in [5.41, 5.74) is 2.11. The first-order valence-electron chi connectivity index (χ1n) is 5.44. The summed E-state index contributed by atoms with van der Waals surface area (Å²) in [6, 6.07) is 10.8. The fourth-order valence-corrected chi connectivity index (χ4v) is 4.49. The minimum Gasteiger partial charge on any atom is -0.289 e. The molecule has 2 aromatic carbocycles. The smallest absolute Gasteiger partial charge is 0.195 e. The minimum absolute atomic E-state index is 0.0529. The monoisotopic (exact) mass is 492 g/mol. The molecule has 0 bridgehead atoms. The molecule has 0 fully saturated rings. The number of fused-ring (bicyclic) bond motifs is 2. The van der Waals surface area contributed by atoms with Crippen LogP contribution >= 0.6 is 52.7 Å². The highest BCUT2D eigenvalue weighted by molar-refractivity contribution is 14.2. The molecule has 2 nitrogen and oxygen atoms in total. The lowest BCUT2D eigenvalue weighted by atomic mass is 9.84. The molecule has 0 amide bonds. The van der Waals surface area contributed by atoms with Crippen molar-refractivity contribution in [1.29, 1.82) is 0 Å². The van der Waals surface area contributed by atoms with Crippen molar-refractivity contribution in [3.05, 3.63) is 62.2 Å². The Hall–Kier alpha value is -0.410. The molecule has 3 rings (SSSR count). The summed E-state index contributed by atoms with van der Waals surface area (Å²) in [5.74, 6) is -0.107. The van der Waals surface area contributed by atoms with Crippen LogP contribution in [0.5, 0.6) is 0 Å². The van der Waals surface area contributed by atoms with Gasteiger partial charge in [0.05, 0.1) is 0 Å². The van der Waals surface area contributed by atoms with Gasteiger partial charge in [-0.3, -0.25) is 9.59 Å². The average molecular weight is 492 g/mol. The predicted octanol–water partition coefficient (Wildman–Crippen LogP) is 4.51. The van der Waals surface area contributed by atoms with Gasteiger partial charge in [0.15, 0.2) is 11.6 Å². The number of hydrogen-bond acceptors (Lipinski definition) is 3. The van der Waals surface area contributed by atoms with Crippen molar-refractivity contribution in [1.82, 2.24) is 0 Å². The van der Waals surface area contributed by atoms with Crippen LogP contribution in [0.4, 0.5) is 0 Å². The van der Waals surface area contributed by atoms with Gasteiger partial charge < -0.3 is 0 Å². The van der Waals surface area contributed by atoms with Gasteiger partial charge in [-0.2, -0.15) is 0 Å². The molecule has 0 atom stereocenters. The van der Waals surface area contributed by atoms with Crippen LogP contribution in [0, 0.1) is 3.57 Å². The Morgan fingerprint density at radius 2 is 1.42 bits per heavy atom. The van der Waals surface area contributed by atoms with Crippen LogP contribution in [0.3, 0.4) is 0 Å². The van der Waals surface area contributed by atoms with Crippen molar-refractivity contribution in [2.24, 2.45) is 0 Å². The van der Waals surface area contributed by atoms with Crippen molar-refractivity contribution in [3.8, 4) is 0 Å². The van der Waals surface area contributed by atoms with Gasteiger partial charge in [-0.25, -0.2) is 0 Å². The second-order valence-corrected chi connectivity index (χ2v) is 7.15. The first-order valence-corrected chi connectivity index (χ1v) is 9.88. The van der Waals surface area contributed by atoms with Crippen molar-refractivity contribution in [3.63, 3.8) is 0 Å². The van der Waals surface area contributed by atoms with E-state index < -0.39 is 0 Å². The molecule has 0 aromatic heterocycles. The molecular formula is C14H6I2O2S. The zero-order valence-electron chi connectivity index (χ0n) is 9.44. The highest BCUT2D eigenvalue weighted by Gasteiger charge is 2.32. The first-order chi connectivity index (χ1) is 9.15. The Balaban J connectivity index is 2.36. The Morgan fingerprint density at radius 1 is 0.842 bits per heavy atom. The molecule has 0 saturated heterocycles. The van der Waals surface area contributed by atoms with Crippen LogP contribution in [0.25, 0.3) is 0 Å². The van der Waals surface area contributed by atoms with Crippen LogP contribution in [-0.4, -0.2) is 11.6 Å². The number of rotatable bonds is 1. The zero-order chi connectivity index (χ0) is 13.6. The molecule has 0 unspecified atom stereocenters. The lowest BCUT2D eigenvalue weighted by molar-refractivity contribution is 0.0976. The van der Waals surface area contributed by atoms with Gasteiger partial charge in [-0.05, 0) is 34.7 Å². The van der Waals surface area contributed by atoms with Gasteiger partial charge in [0.25, 0.3) is 0 Å². The van der Waals surface area contributed by atoms with Crippen LogP contribution < -0.4 is 0 Å². The lowest BCUT2D eigenvalue weighted by Gasteiger charge is -2.20. The van der Waals surface area contributed by atoms with Crippen LogP contribution in [0.2, 0.25) is 0 Å². The highest BCUT2D eigenvalue weighted by atomic mass is 127. The standard InChI is InChI=1S/C14H6I2O2S/c15-9-5-1-3-7-11(9)13(17)8-4-2-6-10(19-16)12(8)14(7)18/h1-6H. The fourth-order valence-electron chi connectivity index (χ4n) is 2.23.